The Hall–Kier alpha value is 0.100. The first-order valence-corrected chi connectivity index (χ1v) is 6.14. The van der Waals surface area contributed by atoms with Crippen LogP contribution < -0.4 is 5.32 Å². The van der Waals surface area contributed by atoms with Crippen molar-refractivity contribution in [3.8, 4) is 0 Å². The van der Waals surface area contributed by atoms with Crippen molar-refractivity contribution in [2.24, 2.45) is 0 Å². The molecule has 0 aromatic heterocycles. The second kappa shape index (κ2) is 7.40. The van der Waals surface area contributed by atoms with Crippen molar-refractivity contribution < 1.29 is 13.2 Å². The fourth-order valence-electron chi connectivity index (χ4n) is 1.14. The van der Waals surface area contributed by atoms with Crippen LogP contribution in [0, 0.1) is 0 Å². The third-order valence-corrected chi connectivity index (χ3v) is 2.50. The van der Waals surface area contributed by atoms with Crippen LogP contribution in [-0.2, 0) is 0 Å². The molecule has 0 bridgehead atoms. The van der Waals surface area contributed by atoms with Gasteiger partial charge in [0, 0.05) is 6.04 Å². The number of hydrogen-bond acceptors (Lipinski definition) is 2. The summed E-state index contributed by atoms with van der Waals surface area (Å²) in [6.45, 7) is 2.25. The van der Waals surface area contributed by atoms with Crippen LogP contribution in [0.1, 0.15) is 26.2 Å². The molecule has 86 valence electrons. The molecular weight excluding hydrogens is 211 g/mol. The minimum absolute atomic E-state index is 0.468. The van der Waals surface area contributed by atoms with E-state index in [-0.39, 0.29) is 0 Å². The highest BCUT2D eigenvalue weighted by molar-refractivity contribution is 7.98. The van der Waals surface area contributed by atoms with Crippen LogP contribution in [0.2, 0.25) is 0 Å². The molecule has 0 aliphatic carbocycles. The number of nitrogens with one attached hydrogen (secondary N) is 1. The van der Waals surface area contributed by atoms with Crippen LogP contribution in [-0.4, -0.2) is 30.8 Å². The summed E-state index contributed by atoms with van der Waals surface area (Å²) in [6, 6.07) is -0.468. The van der Waals surface area contributed by atoms with Gasteiger partial charge in [-0.25, -0.2) is 0 Å². The molecule has 1 N–H and O–H groups in total. The van der Waals surface area contributed by atoms with E-state index in [4.69, 9.17) is 0 Å². The number of halogens is 3. The average molecular weight is 229 g/mol. The zero-order valence-electron chi connectivity index (χ0n) is 8.66. The molecule has 0 fully saturated rings. The number of unbranched alkanes of at least 4 members (excludes halogenated alkanes) is 1. The van der Waals surface area contributed by atoms with Gasteiger partial charge in [-0.15, -0.1) is 0 Å². The lowest BCUT2D eigenvalue weighted by molar-refractivity contribution is -0.139. The Morgan fingerprint density at radius 3 is 2.43 bits per heavy atom. The Morgan fingerprint density at radius 1 is 1.29 bits per heavy atom. The fraction of sp³-hybridized carbons (Fsp3) is 1.00. The van der Waals surface area contributed by atoms with Crippen molar-refractivity contribution in [2.75, 3.05) is 18.6 Å². The third-order valence-electron chi connectivity index (χ3n) is 1.81. The summed E-state index contributed by atoms with van der Waals surface area (Å²) in [5.74, 6) is 1.08. The van der Waals surface area contributed by atoms with E-state index in [2.05, 4.69) is 5.32 Å². The Bertz CT molecular complexity index is 139. The van der Waals surface area contributed by atoms with Gasteiger partial charge in [-0.3, -0.25) is 0 Å². The summed E-state index contributed by atoms with van der Waals surface area (Å²) in [5.41, 5.74) is 0. The predicted octanol–water partition coefficient (Wildman–Crippen LogP) is 3.06. The first-order valence-electron chi connectivity index (χ1n) is 4.75. The van der Waals surface area contributed by atoms with Crippen LogP contribution in [0.5, 0.6) is 0 Å². The zero-order valence-corrected chi connectivity index (χ0v) is 9.47. The second-order valence-electron chi connectivity index (χ2n) is 3.37. The molecule has 0 aromatic carbocycles. The molecule has 0 aliphatic heterocycles. The molecule has 1 unspecified atom stereocenters. The van der Waals surface area contributed by atoms with Crippen LogP contribution in [0.4, 0.5) is 13.2 Å². The molecule has 0 aliphatic rings. The molecule has 0 radical (unpaired) electrons. The average Bonchev–Trinajstić information content (AvgIpc) is 2.00. The van der Waals surface area contributed by atoms with E-state index in [1.165, 1.54) is 0 Å². The number of hydrogen-bond donors (Lipinski definition) is 1. The molecule has 0 saturated carbocycles. The molecule has 14 heavy (non-hydrogen) atoms. The van der Waals surface area contributed by atoms with Crippen LogP contribution in [0.25, 0.3) is 0 Å². The maximum atomic E-state index is 11.9. The van der Waals surface area contributed by atoms with E-state index in [0.717, 1.165) is 18.6 Å². The predicted molar refractivity (Wildman–Crippen MR) is 55.8 cm³/mol. The molecule has 1 nitrogen and oxygen atoms in total. The standard InChI is InChI=1S/C9H18F3NS/c1-8(7-9(10,11)12)13-5-3-4-6-14-2/h8,13H,3-7H2,1-2H3. The smallest absolute Gasteiger partial charge is 0.314 e. The van der Waals surface area contributed by atoms with Gasteiger partial charge < -0.3 is 5.32 Å². The van der Waals surface area contributed by atoms with Gasteiger partial charge in [0.1, 0.15) is 0 Å². The normalized spacial score (nSPS) is 14.4. The molecule has 5 heteroatoms. The highest BCUT2D eigenvalue weighted by atomic mass is 32.2. The topological polar surface area (TPSA) is 12.0 Å². The Balaban J connectivity index is 3.31. The minimum atomic E-state index is -4.05. The maximum Gasteiger partial charge on any atom is 0.390 e. The summed E-state index contributed by atoms with van der Waals surface area (Å²) in [6.07, 6.45) is -0.753. The van der Waals surface area contributed by atoms with E-state index in [1.54, 1.807) is 18.7 Å². The summed E-state index contributed by atoms with van der Waals surface area (Å²) >= 11 is 1.76. The second-order valence-corrected chi connectivity index (χ2v) is 4.36. The third kappa shape index (κ3) is 10.2. The highest BCUT2D eigenvalue weighted by Gasteiger charge is 2.29. The van der Waals surface area contributed by atoms with Crippen molar-refractivity contribution in [2.45, 2.75) is 38.4 Å². The SMILES string of the molecule is CSCCCCNC(C)CC(F)(F)F. The van der Waals surface area contributed by atoms with Gasteiger partial charge in [-0.1, -0.05) is 0 Å². The Labute approximate surface area is 87.8 Å². The van der Waals surface area contributed by atoms with Crippen molar-refractivity contribution in [3.05, 3.63) is 0 Å². The van der Waals surface area contributed by atoms with Gasteiger partial charge in [0.15, 0.2) is 0 Å². The summed E-state index contributed by atoms with van der Waals surface area (Å²) in [4.78, 5) is 0. The quantitative estimate of drug-likeness (QED) is 0.673. The molecule has 0 heterocycles. The summed E-state index contributed by atoms with van der Waals surface area (Å²) in [7, 11) is 0. The summed E-state index contributed by atoms with van der Waals surface area (Å²) in [5, 5.41) is 2.87. The van der Waals surface area contributed by atoms with E-state index in [1.807, 2.05) is 6.26 Å². The van der Waals surface area contributed by atoms with Crippen LogP contribution in [0.3, 0.4) is 0 Å². The van der Waals surface area contributed by atoms with E-state index in [0.29, 0.717) is 6.54 Å². The molecule has 0 amide bonds. The van der Waals surface area contributed by atoms with Gasteiger partial charge in [0.2, 0.25) is 0 Å². The lowest BCUT2D eigenvalue weighted by Gasteiger charge is -2.15. The highest BCUT2D eigenvalue weighted by Crippen LogP contribution is 2.21. The lowest BCUT2D eigenvalue weighted by atomic mass is 10.2. The van der Waals surface area contributed by atoms with Crippen molar-refractivity contribution in [1.29, 1.82) is 0 Å². The molecule has 0 rings (SSSR count). The van der Waals surface area contributed by atoms with Gasteiger partial charge in [-0.05, 0) is 38.3 Å². The lowest BCUT2D eigenvalue weighted by Crippen LogP contribution is -2.31. The fourth-order valence-corrected chi connectivity index (χ4v) is 1.63. The van der Waals surface area contributed by atoms with Gasteiger partial charge in [0.25, 0.3) is 0 Å². The number of thioether (sulfide) groups is 1. The minimum Gasteiger partial charge on any atom is -0.314 e. The largest absolute Gasteiger partial charge is 0.390 e. The van der Waals surface area contributed by atoms with Crippen LogP contribution >= 0.6 is 11.8 Å². The summed E-state index contributed by atoms with van der Waals surface area (Å²) < 4.78 is 35.7. The Morgan fingerprint density at radius 2 is 1.93 bits per heavy atom. The zero-order chi connectivity index (χ0) is 11.0. The number of rotatable bonds is 7. The molecule has 0 spiro atoms. The monoisotopic (exact) mass is 229 g/mol. The van der Waals surface area contributed by atoms with Crippen LogP contribution in [0.15, 0.2) is 0 Å². The molecule has 0 saturated heterocycles. The van der Waals surface area contributed by atoms with Crippen molar-refractivity contribution in [3.63, 3.8) is 0 Å². The molecule has 1 atom stereocenters. The van der Waals surface area contributed by atoms with Crippen molar-refractivity contribution >= 4 is 11.8 Å². The van der Waals surface area contributed by atoms with Crippen molar-refractivity contribution in [1.82, 2.24) is 5.32 Å². The maximum absolute atomic E-state index is 11.9. The molecular formula is C9H18F3NS. The van der Waals surface area contributed by atoms with E-state index < -0.39 is 18.6 Å². The Kier molecular flexibility index (Phi) is 7.45. The first-order chi connectivity index (χ1) is 6.45. The van der Waals surface area contributed by atoms with E-state index in [9.17, 15) is 13.2 Å². The molecule has 0 aromatic rings. The number of alkyl halides is 3. The van der Waals surface area contributed by atoms with Gasteiger partial charge in [0.05, 0.1) is 6.42 Å². The van der Waals surface area contributed by atoms with Gasteiger partial charge in [-0.2, -0.15) is 24.9 Å². The van der Waals surface area contributed by atoms with E-state index >= 15 is 0 Å². The first kappa shape index (κ1) is 14.1. The van der Waals surface area contributed by atoms with Gasteiger partial charge >= 0.3 is 6.18 Å².